The average molecular weight is 370 g/mol. The van der Waals surface area contributed by atoms with Crippen molar-refractivity contribution in [3.05, 3.63) is 127 Å². The van der Waals surface area contributed by atoms with Crippen LogP contribution in [0.25, 0.3) is 0 Å². The molecule has 0 spiro atoms. The molecule has 0 amide bonds. The van der Waals surface area contributed by atoms with Crippen molar-refractivity contribution in [1.29, 1.82) is 0 Å². The van der Waals surface area contributed by atoms with Gasteiger partial charge in [-0.2, -0.15) is 0 Å². The molecule has 0 aliphatic rings. The summed E-state index contributed by atoms with van der Waals surface area (Å²) in [6.07, 6.45) is 9.29. The second kappa shape index (κ2) is 9.31. The predicted molar refractivity (Wildman–Crippen MR) is 125 cm³/mol. The van der Waals surface area contributed by atoms with E-state index in [2.05, 4.69) is 116 Å². The van der Waals surface area contributed by atoms with E-state index in [0.717, 1.165) is 11.7 Å². The Bertz CT molecular complexity index is 810. The Morgan fingerprint density at radius 3 is 1.48 bits per heavy atom. The molecule has 0 heterocycles. The van der Waals surface area contributed by atoms with Gasteiger partial charge in [-0.05, 0) is 0 Å². The third-order valence-electron chi connectivity index (χ3n) is 4.93. The maximum absolute atomic E-state index is 4.40. The maximum atomic E-state index is 4.40. The number of benzene rings is 3. The van der Waals surface area contributed by atoms with Gasteiger partial charge in [-0.25, -0.2) is 0 Å². The summed E-state index contributed by atoms with van der Waals surface area (Å²) in [6, 6.07) is 32.9. The van der Waals surface area contributed by atoms with E-state index in [1.54, 1.807) is 0 Å². The molecular formula is C26H27P. The van der Waals surface area contributed by atoms with Crippen LogP contribution in [0.15, 0.2) is 127 Å². The summed E-state index contributed by atoms with van der Waals surface area (Å²) >= 11 is 0. The summed E-state index contributed by atoms with van der Waals surface area (Å²) in [6.45, 7) is 6.43. The average Bonchev–Trinajstić information content (AvgIpc) is 2.74. The molecule has 0 unspecified atom stereocenters. The number of rotatable bonds is 7. The summed E-state index contributed by atoms with van der Waals surface area (Å²) in [5.74, 6) is 0. The molecular weight excluding hydrogens is 343 g/mol. The zero-order chi connectivity index (χ0) is 19.0. The molecule has 3 aromatic carbocycles. The molecule has 0 nitrogen and oxygen atoms in total. The normalized spacial score (nSPS) is 12.5. The van der Waals surface area contributed by atoms with E-state index in [1.807, 2.05) is 13.0 Å². The van der Waals surface area contributed by atoms with Crippen molar-refractivity contribution in [3.8, 4) is 0 Å². The van der Waals surface area contributed by atoms with E-state index < -0.39 is 7.26 Å². The van der Waals surface area contributed by atoms with Gasteiger partial charge in [0.05, 0.1) is 0 Å². The zero-order valence-corrected chi connectivity index (χ0v) is 16.9. The van der Waals surface area contributed by atoms with Crippen molar-refractivity contribution in [2.45, 2.75) is 6.92 Å². The van der Waals surface area contributed by atoms with Crippen LogP contribution in [0.4, 0.5) is 0 Å². The van der Waals surface area contributed by atoms with Crippen LogP contribution in [0.3, 0.4) is 0 Å². The van der Waals surface area contributed by atoms with Crippen molar-refractivity contribution in [2.75, 3.05) is 6.16 Å². The van der Waals surface area contributed by atoms with Gasteiger partial charge in [-0.3, -0.25) is 0 Å². The van der Waals surface area contributed by atoms with Crippen LogP contribution >= 0.6 is 7.26 Å². The second-order valence-corrected chi connectivity index (χ2v) is 10.6. The van der Waals surface area contributed by atoms with Crippen LogP contribution in [0.5, 0.6) is 0 Å². The fourth-order valence-electron chi connectivity index (χ4n) is 3.68. The second-order valence-electron chi connectivity index (χ2n) is 6.72. The van der Waals surface area contributed by atoms with Crippen LogP contribution in [-0.2, 0) is 0 Å². The summed E-state index contributed by atoms with van der Waals surface area (Å²) < 4.78 is 0. The molecule has 0 N–H and O–H groups in total. The third kappa shape index (κ3) is 4.35. The van der Waals surface area contributed by atoms with Crippen LogP contribution in [0.1, 0.15) is 6.92 Å². The summed E-state index contributed by atoms with van der Waals surface area (Å²) in [4.78, 5) is 0. The molecule has 0 aliphatic carbocycles. The third-order valence-corrected chi connectivity index (χ3v) is 9.87. The Kier molecular flexibility index (Phi) is 6.58. The van der Waals surface area contributed by atoms with Gasteiger partial charge in [0.2, 0.25) is 0 Å². The molecule has 27 heavy (non-hydrogen) atoms. The molecule has 3 aromatic rings. The van der Waals surface area contributed by atoms with Gasteiger partial charge in [-0.1, -0.05) is 0 Å². The topological polar surface area (TPSA) is 0 Å². The Morgan fingerprint density at radius 2 is 1.11 bits per heavy atom. The zero-order valence-electron chi connectivity index (χ0n) is 15.9. The Hall–Kier alpha value is -2.69. The molecule has 0 atom stereocenters. The minimum atomic E-state index is -2.22. The van der Waals surface area contributed by atoms with Gasteiger partial charge in [0.1, 0.15) is 0 Å². The SMILES string of the molecule is C=C(/C=C\C=C/C)C[PH](c1ccccc1)(c1ccccc1)c1ccccc1. The molecule has 0 bridgehead atoms. The quantitative estimate of drug-likeness (QED) is 0.386. The molecule has 0 saturated carbocycles. The van der Waals surface area contributed by atoms with E-state index in [9.17, 15) is 0 Å². The molecule has 1 heteroatoms. The van der Waals surface area contributed by atoms with Crippen LogP contribution in [0, 0.1) is 0 Å². The van der Waals surface area contributed by atoms with Gasteiger partial charge in [-0.15, -0.1) is 0 Å². The molecule has 0 aromatic heterocycles. The fraction of sp³-hybridized carbons (Fsp3) is 0.0769. The van der Waals surface area contributed by atoms with E-state index in [0.29, 0.717) is 0 Å². The standard InChI is InChI=1S/C26H27P/c1-3-4-8-15-23(2)22-27(24-16-9-5-10-17-24,25-18-11-6-12-19-25)26-20-13-7-14-21-26/h3-21,27H,2,22H2,1H3/b4-3-,15-8-. The molecule has 136 valence electrons. The number of hydrogen-bond acceptors (Lipinski definition) is 0. The van der Waals surface area contributed by atoms with Gasteiger partial charge >= 0.3 is 164 Å². The van der Waals surface area contributed by atoms with Gasteiger partial charge in [0, 0.05) is 0 Å². The van der Waals surface area contributed by atoms with E-state index in [1.165, 1.54) is 15.9 Å². The predicted octanol–water partition coefficient (Wildman–Crippen LogP) is 5.40. The first-order chi connectivity index (χ1) is 13.3. The van der Waals surface area contributed by atoms with E-state index in [-0.39, 0.29) is 0 Å². The first-order valence-electron chi connectivity index (χ1n) is 9.41. The summed E-state index contributed by atoms with van der Waals surface area (Å²) in [5.41, 5.74) is 1.16. The monoisotopic (exact) mass is 370 g/mol. The van der Waals surface area contributed by atoms with E-state index in [4.69, 9.17) is 0 Å². The number of allylic oxidation sites excluding steroid dienone is 5. The molecule has 0 fully saturated rings. The van der Waals surface area contributed by atoms with Gasteiger partial charge < -0.3 is 0 Å². The Labute approximate surface area is 163 Å². The first-order valence-corrected chi connectivity index (χ1v) is 11.6. The number of hydrogen-bond donors (Lipinski definition) is 0. The molecule has 0 aliphatic heterocycles. The van der Waals surface area contributed by atoms with Crippen LogP contribution in [-0.4, -0.2) is 6.16 Å². The summed E-state index contributed by atoms with van der Waals surface area (Å²) in [7, 11) is -2.22. The van der Waals surface area contributed by atoms with E-state index >= 15 is 0 Å². The van der Waals surface area contributed by atoms with Crippen molar-refractivity contribution in [1.82, 2.24) is 0 Å². The first kappa shape index (κ1) is 19.1. The molecule has 0 saturated heterocycles. The minimum absolute atomic E-state index is 0.957. The Balaban J connectivity index is 2.21. The Morgan fingerprint density at radius 1 is 0.704 bits per heavy atom. The van der Waals surface area contributed by atoms with Gasteiger partial charge in [0.25, 0.3) is 0 Å². The van der Waals surface area contributed by atoms with Crippen LogP contribution < -0.4 is 15.9 Å². The van der Waals surface area contributed by atoms with Crippen molar-refractivity contribution >= 4 is 23.2 Å². The fourth-order valence-corrected chi connectivity index (χ4v) is 8.37. The summed E-state index contributed by atoms with van der Waals surface area (Å²) in [5, 5.41) is 4.26. The van der Waals surface area contributed by atoms with Crippen molar-refractivity contribution in [2.24, 2.45) is 0 Å². The molecule has 3 rings (SSSR count). The van der Waals surface area contributed by atoms with Crippen LogP contribution in [0.2, 0.25) is 0 Å². The molecule has 0 radical (unpaired) electrons. The van der Waals surface area contributed by atoms with Gasteiger partial charge in [0.15, 0.2) is 0 Å². The van der Waals surface area contributed by atoms with Crippen molar-refractivity contribution in [3.63, 3.8) is 0 Å². The van der Waals surface area contributed by atoms with Crippen molar-refractivity contribution < 1.29 is 0 Å².